The summed E-state index contributed by atoms with van der Waals surface area (Å²) in [6.45, 7) is 5.39. The SMILES string of the molecule is CCNC(CC1CC1)c1cc(C)ccc1Br. The molecule has 0 radical (unpaired) electrons. The molecule has 88 valence electrons. The van der Waals surface area contributed by atoms with Crippen molar-refractivity contribution in [3.8, 4) is 0 Å². The molecule has 1 N–H and O–H groups in total. The average molecular weight is 282 g/mol. The van der Waals surface area contributed by atoms with E-state index in [2.05, 4.69) is 53.3 Å². The summed E-state index contributed by atoms with van der Waals surface area (Å²) in [5, 5.41) is 3.61. The minimum atomic E-state index is 0.520. The molecular weight excluding hydrogens is 262 g/mol. The molecule has 0 spiro atoms. The molecule has 1 aromatic carbocycles. The molecule has 0 bridgehead atoms. The lowest BCUT2D eigenvalue weighted by molar-refractivity contribution is 0.485. The first kappa shape index (κ1) is 12.1. The van der Waals surface area contributed by atoms with Gasteiger partial charge in [-0.3, -0.25) is 0 Å². The Bertz CT molecular complexity index is 358. The van der Waals surface area contributed by atoms with Gasteiger partial charge in [0.2, 0.25) is 0 Å². The number of hydrogen-bond acceptors (Lipinski definition) is 1. The van der Waals surface area contributed by atoms with Crippen LogP contribution >= 0.6 is 15.9 Å². The number of benzene rings is 1. The third-order valence-corrected chi connectivity index (χ3v) is 3.97. The summed E-state index contributed by atoms with van der Waals surface area (Å²) in [6.07, 6.45) is 4.13. The summed E-state index contributed by atoms with van der Waals surface area (Å²) in [4.78, 5) is 0. The van der Waals surface area contributed by atoms with Gasteiger partial charge in [0.1, 0.15) is 0 Å². The minimum absolute atomic E-state index is 0.520. The molecule has 0 aliphatic heterocycles. The van der Waals surface area contributed by atoms with Crippen molar-refractivity contribution in [3.05, 3.63) is 33.8 Å². The van der Waals surface area contributed by atoms with Crippen molar-refractivity contribution < 1.29 is 0 Å². The Morgan fingerprint density at radius 2 is 2.19 bits per heavy atom. The van der Waals surface area contributed by atoms with Crippen LogP contribution in [0.3, 0.4) is 0 Å². The molecule has 1 unspecified atom stereocenters. The Labute approximate surface area is 107 Å². The van der Waals surface area contributed by atoms with Crippen LogP contribution in [0.4, 0.5) is 0 Å². The highest BCUT2D eigenvalue weighted by molar-refractivity contribution is 9.10. The number of halogens is 1. The second kappa shape index (κ2) is 5.33. The van der Waals surface area contributed by atoms with Crippen molar-refractivity contribution >= 4 is 15.9 Å². The van der Waals surface area contributed by atoms with E-state index < -0.39 is 0 Å². The first-order chi connectivity index (χ1) is 7.70. The number of hydrogen-bond donors (Lipinski definition) is 1. The third-order valence-electron chi connectivity index (χ3n) is 3.24. The third kappa shape index (κ3) is 3.08. The predicted molar refractivity (Wildman–Crippen MR) is 72.6 cm³/mol. The zero-order chi connectivity index (χ0) is 11.5. The Hall–Kier alpha value is -0.340. The van der Waals surface area contributed by atoms with Gasteiger partial charge in [0.25, 0.3) is 0 Å². The van der Waals surface area contributed by atoms with E-state index in [1.54, 1.807) is 0 Å². The molecule has 1 nitrogen and oxygen atoms in total. The van der Waals surface area contributed by atoms with Gasteiger partial charge >= 0.3 is 0 Å². The van der Waals surface area contributed by atoms with Gasteiger partial charge in [-0.15, -0.1) is 0 Å². The van der Waals surface area contributed by atoms with Gasteiger partial charge in [-0.1, -0.05) is 53.4 Å². The standard InChI is InChI=1S/C14H20BrN/c1-3-16-14(9-11-5-6-11)12-8-10(2)4-7-13(12)15/h4,7-8,11,14,16H,3,5-6,9H2,1-2H3. The summed E-state index contributed by atoms with van der Waals surface area (Å²) < 4.78 is 1.24. The second-order valence-electron chi connectivity index (χ2n) is 4.81. The zero-order valence-corrected chi connectivity index (χ0v) is 11.7. The largest absolute Gasteiger partial charge is 0.310 e. The topological polar surface area (TPSA) is 12.0 Å². The minimum Gasteiger partial charge on any atom is -0.310 e. The van der Waals surface area contributed by atoms with Crippen LogP contribution in [-0.2, 0) is 0 Å². The smallest absolute Gasteiger partial charge is 0.0334 e. The first-order valence-corrected chi connectivity index (χ1v) is 6.99. The van der Waals surface area contributed by atoms with Gasteiger partial charge in [0.15, 0.2) is 0 Å². The average Bonchev–Trinajstić information content (AvgIpc) is 3.05. The van der Waals surface area contributed by atoms with Crippen molar-refractivity contribution in [3.63, 3.8) is 0 Å². The molecule has 0 aromatic heterocycles. The molecule has 0 heterocycles. The molecule has 1 aromatic rings. The lowest BCUT2D eigenvalue weighted by atomic mass is 9.99. The van der Waals surface area contributed by atoms with E-state index in [9.17, 15) is 0 Å². The molecule has 1 aliphatic carbocycles. The molecule has 16 heavy (non-hydrogen) atoms. The molecular formula is C14H20BrN. The van der Waals surface area contributed by atoms with Gasteiger partial charge in [0.05, 0.1) is 0 Å². The number of rotatable bonds is 5. The van der Waals surface area contributed by atoms with Crippen LogP contribution in [0.5, 0.6) is 0 Å². The van der Waals surface area contributed by atoms with E-state index in [4.69, 9.17) is 0 Å². The highest BCUT2D eigenvalue weighted by Gasteiger charge is 2.26. The monoisotopic (exact) mass is 281 g/mol. The quantitative estimate of drug-likeness (QED) is 0.853. The summed E-state index contributed by atoms with van der Waals surface area (Å²) in [7, 11) is 0. The molecule has 1 aliphatic rings. The summed E-state index contributed by atoms with van der Waals surface area (Å²) in [5.41, 5.74) is 2.77. The lowest BCUT2D eigenvalue weighted by Crippen LogP contribution is -2.21. The van der Waals surface area contributed by atoms with Gasteiger partial charge in [-0.25, -0.2) is 0 Å². The highest BCUT2D eigenvalue weighted by Crippen LogP contribution is 2.39. The van der Waals surface area contributed by atoms with Crippen molar-refractivity contribution in [2.24, 2.45) is 5.92 Å². The van der Waals surface area contributed by atoms with Crippen LogP contribution in [0.2, 0.25) is 0 Å². The molecule has 1 atom stereocenters. The van der Waals surface area contributed by atoms with Gasteiger partial charge in [-0.2, -0.15) is 0 Å². The zero-order valence-electron chi connectivity index (χ0n) is 10.1. The van der Waals surface area contributed by atoms with Crippen LogP contribution in [0.15, 0.2) is 22.7 Å². The van der Waals surface area contributed by atoms with E-state index in [1.165, 1.54) is 34.9 Å². The molecule has 2 heteroatoms. The Balaban J connectivity index is 2.18. The van der Waals surface area contributed by atoms with Crippen LogP contribution in [0, 0.1) is 12.8 Å². The summed E-state index contributed by atoms with van der Waals surface area (Å²) in [5.74, 6) is 0.955. The highest BCUT2D eigenvalue weighted by atomic mass is 79.9. The molecule has 0 amide bonds. The van der Waals surface area contributed by atoms with E-state index in [1.807, 2.05) is 0 Å². The van der Waals surface area contributed by atoms with Crippen LogP contribution in [0.25, 0.3) is 0 Å². The number of nitrogens with one attached hydrogen (secondary N) is 1. The van der Waals surface area contributed by atoms with E-state index in [0.717, 1.165) is 12.5 Å². The maximum atomic E-state index is 3.67. The first-order valence-electron chi connectivity index (χ1n) is 6.20. The normalized spacial score (nSPS) is 17.4. The Kier molecular flexibility index (Phi) is 4.04. The Morgan fingerprint density at radius 1 is 1.44 bits per heavy atom. The van der Waals surface area contributed by atoms with Gasteiger partial charge in [-0.05, 0) is 37.4 Å². The van der Waals surface area contributed by atoms with Crippen LogP contribution in [-0.4, -0.2) is 6.54 Å². The lowest BCUT2D eigenvalue weighted by Gasteiger charge is -2.20. The maximum absolute atomic E-state index is 3.67. The van der Waals surface area contributed by atoms with E-state index in [0.29, 0.717) is 6.04 Å². The predicted octanol–water partition coefficient (Wildman–Crippen LogP) is 4.21. The van der Waals surface area contributed by atoms with Crippen LogP contribution in [0.1, 0.15) is 43.4 Å². The molecule has 2 rings (SSSR count). The fourth-order valence-electron chi connectivity index (χ4n) is 2.18. The maximum Gasteiger partial charge on any atom is 0.0334 e. The van der Waals surface area contributed by atoms with Crippen LogP contribution < -0.4 is 5.32 Å². The van der Waals surface area contributed by atoms with Crippen molar-refractivity contribution in [2.45, 2.75) is 39.2 Å². The molecule has 1 saturated carbocycles. The summed E-state index contributed by atoms with van der Waals surface area (Å²) >= 11 is 3.67. The fourth-order valence-corrected chi connectivity index (χ4v) is 2.71. The van der Waals surface area contributed by atoms with Gasteiger partial charge in [0, 0.05) is 10.5 Å². The fraction of sp³-hybridized carbons (Fsp3) is 0.571. The second-order valence-corrected chi connectivity index (χ2v) is 5.67. The number of aryl methyl sites for hydroxylation is 1. The van der Waals surface area contributed by atoms with E-state index >= 15 is 0 Å². The van der Waals surface area contributed by atoms with Gasteiger partial charge < -0.3 is 5.32 Å². The van der Waals surface area contributed by atoms with E-state index in [-0.39, 0.29) is 0 Å². The van der Waals surface area contributed by atoms with Crippen molar-refractivity contribution in [1.82, 2.24) is 5.32 Å². The Morgan fingerprint density at radius 3 is 2.81 bits per heavy atom. The molecule has 0 saturated heterocycles. The van der Waals surface area contributed by atoms with Crippen molar-refractivity contribution in [1.29, 1.82) is 0 Å². The summed E-state index contributed by atoms with van der Waals surface area (Å²) in [6, 6.07) is 7.15. The van der Waals surface area contributed by atoms with Crippen molar-refractivity contribution in [2.75, 3.05) is 6.54 Å². The molecule has 1 fully saturated rings.